The van der Waals surface area contributed by atoms with E-state index in [1.807, 2.05) is 0 Å². The Kier molecular flexibility index (Phi) is 3.99. The maximum atomic E-state index is 12.7. The Bertz CT molecular complexity index is 1100. The molecule has 0 spiro atoms. The average Bonchev–Trinajstić information content (AvgIpc) is 3.06. The Hall–Kier alpha value is -3.48. The van der Waals surface area contributed by atoms with Crippen molar-refractivity contribution in [3.05, 3.63) is 64.0 Å². The van der Waals surface area contributed by atoms with Gasteiger partial charge in [0.2, 0.25) is 6.10 Å². The fourth-order valence-corrected chi connectivity index (χ4v) is 3.36. The molecule has 2 aromatic carbocycles. The molecule has 0 aliphatic carbocycles. The van der Waals surface area contributed by atoms with Crippen molar-refractivity contribution in [3.63, 3.8) is 0 Å². The Morgan fingerprint density at radius 3 is 2.67 bits per heavy atom. The molecule has 0 unspecified atom stereocenters. The zero-order chi connectivity index (χ0) is 19.1. The van der Waals surface area contributed by atoms with Crippen LogP contribution in [-0.2, 0) is 9.53 Å². The maximum Gasteiger partial charge on any atom is 0.348 e. The second kappa shape index (κ2) is 6.35. The summed E-state index contributed by atoms with van der Waals surface area (Å²) in [7, 11) is 0. The van der Waals surface area contributed by atoms with E-state index in [0.717, 1.165) is 0 Å². The lowest BCUT2D eigenvalue weighted by molar-refractivity contribution is -0.151. The summed E-state index contributed by atoms with van der Waals surface area (Å²) in [6.45, 7) is 1.82. The minimum atomic E-state index is -1.11. The maximum absolute atomic E-state index is 12.7. The van der Waals surface area contributed by atoms with Gasteiger partial charge in [0.15, 0.2) is 11.5 Å². The van der Waals surface area contributed by atoms with Gasteiger partial charge in [-0.1, -0.05) is 18.2 Å². The summed E-state index contributed by atoms with van der Waals surface area (Å²) in [5, 5.41) is 20.0. The highest BCUT2D eigenvalue weighted by Gasteiger charge is 2.45. The number of aromatic hydroxyl groups is 2. The summed E-state index contributed by atoms with van der Waals surface area (Å²) in [5.74, 6) is -1.89. The molecule has 1 aliphatic rings. The number of para-hydroxylation sites is 1. The Balaban J connectivity index is 1.96. The van der Waals surface area contributed by atoms with Crippen LogP contribution in [-0.4, -0.2) is 28.9 Å². The number of benzene rings is 2. The predicted octanol–water partition coefficient (Wildman–Crippen LogP) is 2.66. The highest BCUT2D eigenvalue weighted by molar-refractivity contribution is 5.88. The van der Waals surface area contributed by atoms with Gasteiger partial charge >= 0.3 is 11.6 Å². The highest BCUT2D eigenvalue weighted by Crippen LogP contribution is 2.45. The molecule has 2 N–H and O–H groups in total. The smallest absolute Gasteiger partial charge is 0.348 e. The van der Waals surface area contributed by atoms with Gasteiger partial charge in [-0.3, -0.25) is 0 Å². The number of ether oxygens (including phenoxy) is 2. The lowest BCUT2D eigenvalue weighted by atomic mass is 9.88. The van der Waals surface area contributed by atoms with Crippen molar-refractivity contribution in [2.75, 3.05) is 6.61 Å². The van der Waals surface area contributed by atoms with Crippen LogP contribution in [0, 0.1) is 0 Å². The summed E-state index contributed by atoms with van der Waals surface area (Å²) in [5.41, 5.74) is 0.313. The molecule has 1 aromatic heterocycles. The van der Waals surface area contributed by atoms with Crippen molar-refractivity contribution >= 4 is 16.9 Å². The van der Waals surface area contributed by atoms with Crippen LogP contribution in [0.3, 0.4) is 0 Å². The van der Waals surface area contributed by atoms with Crippen molar-refractivity contribution in [3.8, 4) is 17.2 Å². The minimum Gasteiger partial charge on any atom is -0.504 e. The van der Waals surface area contributed by atoms with Crippen LogP contribution < -0.4 is 10.4 Å². The van der Waals surface area contributed by atoms with E-state index in [-0.39, 0.29) is 29.4 Å². The monoisotopic (exact) mass is 368 g/mol. The topological polar surface area (TPSA) is 106 Å². The third-order valence-corrected chi connectivity index (χ3v) is 4.53. The number of hydrogen-bond acceptors (Lipinski definition) is 7. The van der Waals surface area contributed by atoms with E-state index >= 15 is 0 Å². The number of hydrogen-bond donors (Lipinski definition) is 2. The third kappa shape index (κ3) is 2.68. The average molecular weight is 368 g/mol. The summed E-state index contributed by atoms with van der Waals surface area (Å²) in [4.78, 5) is 25.2. The molecule has 3 aromatic rings. The molecule has 1 aliphatic heterocycles. The molecule has 0 saturated carbocycles. The molecule has 0 radical (unpaired) electrons. The standard InChI is InChI=1S/C20H16O7/c1-2-25-20(24)18-15(10-7-8-12(21)13(22)9-10)16-17(27-18)11-5-3-4-6-14(11)26-19(16)23/h3-9,15,18,21-22H,2H2,1H3/t15-,18+/m0/s1. The Morgan fingerprint density at radius 2 is 1.93 bits per heavy atom. The van der Waals surface area contributed by atoms with Gasteiger partial charge in [0.1, 0.15) is 11.3 Å². The summed E-state index contributed by atoms with van der Waals surface area (Å²) >= 11 is 0. The summed E-state index contributed by atoms with van der Waals surface area (Å²) in [6.07, 6.45) is -1.11. The zero-order valence-electron chi connectivity index (χ0n) is 14.3. The van der Waals surface area contributed by atoms with Gasteiger partial charge in [-0.05, 0) is 36.8 Å². The first-order valence-electron chi connectivity index (χ1n) is 8.42. The van der Waals surface area contributed by atoms with E-state index in [1.54, 1.807) is 31.2 Å². The van der Waals surface area contributed by atoms with Crippen molar-refractivity contribution in [1.82, 2.24) is 0 Å². The normalized spacial score (nSPS) is 18.1. The molecular formula is C20H16O7. The van der Waals surface area contributed by atoms with Gasteiger partial charge in [-0.15, -0.1) is 0 Å². The predicted molar refractivity (Wildman–Crippen MR) is 95.1 cm³/mol. The SMILES string of the molecule is CCOC(=O)[C@@H]1Oc2c(c(=O)oc3ccccc23)[C@@H]1c1ccc(O)c(O)c1. The van der Waals surface area contributed by atoms with Gasteiger partial charge in [0.05, 0.1) is 23.5 Å². The molecule has 0 amide bonds. The van der Waals surface area contributed by atoms with Gasteiger partial charge in [0.25, 0.3) is 0 Å². The van der Waals surface area contributed by atoms with Gasteiger partial charge in [0, 0.05) is 0 Å². The van der Waals surface area contributed by atoms with E-state index < -0.39 is 23.6 Å². The second-order valence-electron chi connectivity index (χ2n) is 6.14. The lowest BCUT2D eigenvalue weighted by Gasteiger charge is -2.17. The van der Waals surface area contributed by atoms with Crippen molar-refractivity contribution in [2.24, 2.45) is 0 Å². The molecule has 0 fully saturated rings. The number of carbonyl (C=O) groups is 1. The molecule has 4 rings (SSSR count). The molecule has 0 bridgehead atoms. The van der Waals surface area contributed by atoms with E-state index in [2.05, 4.69) is 0 Å². The Morgan fingerprint density at radius 1 is 1.15 bits per heavy atom. The van der Waals surface area contributed by atoms with Crippen LogP contribution in [0.2, 0.25) is 0 Å². The van der Waals surface area contributed by atoms with Crippen LogP contribution in [0.25, 0.3) is 11.0 Å². The molecule has 27 heavy (non-hydrogen) atoms. The third-order valence-electron chi connectivity index (χ3n) is 4.53. The fraction of sp³-hybridized carbons (Fsp3) is 0.200. The molecule has 0 saturated heterocycles. The van der Waals surface area contributed by atoms with Gasteiger partial charge < -0.3 is 24.1 Å². The molecule has 2 atom stereocenters. The van der Waals surface area contributed by atoms with Gasteiger partial charge in [-0.25, -0.2) is 9.59 Å². The van der Waals surface area contributed by atoms with Crippen molar-refractivity contribution in [2.45, 2.75) is 18.9 Å². The van der Waals surface area contributed by atoms with Crippen molar-refractivity contribution in [1.29, 1.82) is 0 Å². The first kappa shape index (κ1) is 17.0. The van der Waals surface area contributed by atoms with Crippen LogP contribution in [0.4, 0.5) is 0 Å². The minimum absolute atomic E-state index is 0.151. The summed E-state index contributed by atoms with van der Waals surface area (Å²) < 4.78 is 16.4. The molecule has 2 heterocycles. The Labute approximate surface area is 153 Å². The molecular weight excluding hydrogens is 352 g/mol. The van der Waals surface area contributed by atoms with Crippen LogP contribution in [0.5, 0.6) is 17.2 Å². The van der Waals surface area contributed by atoms with E-state index in [9.17, 15) is 19.8 Å². The highest BCUT2D eigenvalue weighted by atomic mass is 16.6. The molecule has 138 valence electrons. The zero-order valence-corrected chi connectivity index (χ0v) is 14.3. The van der Waals surface area contributed by atoms with Crippen LogP contribution in [0.1, 0.15) is 24.0 Å². The number of carbonyl (C=O) groups excluding carboxylic acids is 1. The number of fused-ring (bicyclic) bond motifs is 3. The number of esters is 1. The number of rotatable bonds is 3. The van der Waals surface area contributed by atoms with Crippen LogP contribution in [0.15, 0.2) is 51.7 Å². The fourth-order valence-electron chi connectivity index (χ4n) is 3.36. The molecule has 7 nitrogen and oxygen atoms in total. The van der Waals surface area contributed by atoms with Crippen LogP contribution >= 0.6 is 0 Å². The number of phenolic OH excluding ortho intramolecular Hbond substituents is 2. The first-order chi connectivity index (χ1) is 13.0. The van der Waals surface area contributed by atoms with E-state index in [0.29, 0.717) is 16.5 Å². The quantitative estimate of drug-likeness (QED) is 0.416. The van der Waals surface area contributed by atoms with Gasteiger partial charge in [-0.2, -0.15) is 0 Å². The van der Waals surface area contributed by atoms with E-state index in [4.69, 9.17) is 13.9 Å². The first-order valence-corrected chi connectivity index (χ1v) is 8.42. The lowest BCUT2D eigenvalue weighted by Crippen LogP contribution is -2.32. The summed E-state index contributed by atoms with van der Waals surface area (Å²) in [6, 6.07) is 11.0. The second-order valence-corrected chi connectivity index (χ2v) is 6.14. The largest absolute Gasteiger partial charge is 0.504 e. The van der Waals surface area contributed by atoms with E-state index in [1.165, 1.54) is 18.2 Å². The molecule has 7 heteroatoms. The van der Waals surface area contributed by atoms with Crippen molar-refractivity contribution < 1.29 is 28.9 Å². The number of phenols is 2.